The van der Waals surface area contributed by atoms with Crippen molar-refractivity contribution >= 4 is 0 Å². The summed E-state index contributed by atoms with van der Waals surface area (Å²) in [5, 5.41) is 3.77. The molecule has 2 aliphatic rings. The van der Waals surface area contributed by atoms with Crippen LogP contribution < -0.4 is 5.32 Å². The van der Waals surface area contributed by atoms with Crippen molar-refractivity contribution in [1.82, 2.24) is 5.32 Å². The highest BCUT2D eigenvalue weighted by Crippen LogP contribution is 2.25. The minimum Gasteiger partial charge on any atom is -0.381 e. The van der Waals surface area contributed by atoms with E-state index in [0.717, 1.165) is 31.1 Å². The quantitative estimate of drug-likeness (QED) is 0.743. The van der Waals surface area contributed by atoms with Crippen molar-refractivity contribution in [1.29, 1.82) is 0 Å². The van der Waals surface area contributed by atoms with Crippen LogP contribution in [-0.2, 0) is 4.74 Å². The van der Waals surface area contributed by atoms with E-state index in [2.05, 4.69) is 12.2 Å². The summed E-state index contributed by atoms with van der Waals surface area (Å²) in [6, 6.07) is 0.789. The van der Waals surface area contributed by atoms with Gasteiger partial charge in [-0.05, 0) is 37.5 Å². The van der Waals surface area contributed by atoms with Crippen molar-refractivity contribution in [3.63, 3.8) is 0 Å². The Morgan fingerprint density at radius 2 is 2.00 bits per heavy atom. The average Bonchev–Trinajstić information content (AvgIpc) is 2.72. The van der Waals surface area contributed by atoms with Gasteiger partial charge in [0.1, 0.15) is 0 Å². The predicted octanol–water partition coefficient (Wildman–Crippen LogP) is 2.97. The standard InChI is InChI=1S/C14H27NO/c1-2-12-4-3-5-14(7-6-12)15-10-13-8-9-16-11-13/h12-15H,2-11H2,1H3. The fourth-order valence-corrected chi connectivity index (χ4v) is 3.07. The fraction of sp³-hybridized carbons (Fsp3) is 1.00. The smallest absolute Gasteiger partial charge is 0.0507 e. The maximum Gasteiger partial charge on any atom is 0.0507 e. The first-order chi connectivity index (χ1) is 7.88. The topological polar surface area (TPSA) is 21.3 Å². The lowest BCUT2D eigenvalue weighted by Gasteiger charge is -2.18. The molecule has 1 aliphatic carbocycles. The molecule has 0 aromatic carbocycles. The molecular weight excluding hydrogens is 198 g/mol. The van der Waals surface area contributed by atoms with E-state index >= 15 is 0 Å². The summed E-state index contributed by atoms with van der Waals surface area (Å²) < 4.78 is 5.42. The van der Waals surface area contributed by atoms with Crippen LogP contribution in [0.1, 0.15) is 51.9 Å². The molecule has 3 atom stereocenters. The van der Waals surface area contributed by atoms with E-state index < -0.39 is 0 Å². The Balaban J connectivity index is 1.65. The molecule has 2 heteroatoms. The second-order valence-corrected chi connectivity index (χ2v) is 5.62. The zero-order valence-electron chi connectivity index (χ0n) is 10.7. The van der Waals surface area contributed by atoms with Crippen molar-refractivity contribution in [3.8, 4) is 0 Å². The minimum absolute atomic E-state index is 0.783. The molecule has 0 aromatic rings. The molecule has 1 saturated heterocycles. The molecule has 16 heavy (non-hydrogen) atoms. The lowest BCUT2D eigenvalue weighted by atomic mass is 9.98. The highest BCUT2D eigenvalue weighted by Gasteiger charge is 2.20. The van der Waals surface area contributed by atoms with Crippen molar-refractivity contribution in [3.05, 3.63) is 0 Å². The van der Waals surface area contributed by atoms with Crippen molar-refractivity contribution in [2.45, 2.75) is 57.9 Å². The first kappa shape index (κ1) is 12.4. The highest BCUT2D eigenvalue weighted by molar-refractivity contribution is 4.76. The largest absolute Gasteiger partial charge is 0.381 e. The van der Waals surface area contributed by atoms with Crippen LogP contribution >= 0.6 is 0 Å². The second-order valence-electron chi connectivity index (χ2n) is 5.62. The monoisotopic (exact) mass is 225 g/mol. The molecule has 0 spiro atoms. The predicted molar refractivity (Wildman–Crippen MR) is 67.6 cm³/mol. The molecular formula is C14H27NO. The van der Waals surface area contributed by atoms with Crippen LogP contribution in [0.15, 0.2) is 0 Å². The van der Waals surface area contributed by atoms with Gasteiger partial charge < -0.3 is 10.1 Å². The van der Waals surface area contributed by atoms with E-state index in [1.807, 2.05) is 0 Å². The first-order valence-corrected chi connectivity index (χ1v) is 7.19. The number of hydrogen-bond donors (Lipinski definition) is 1. The Bertz CT molecular complexity index is 189. The van der Waals surface area contributed by atoms with E-state index in [1.165, 1.54) is 51.5 Å². The van der Waals surface area contributed by atoms with Gasteiger partial charge in [0.15, 0.2) is 0 Å². The van der Waals surface area contributed by atoms with Crippen LogP contribution in [0.2, 0.25) is 0 Å². The maximum absolute atomic E-state index is 5.42. The molecule has 1 heterocycles. The molecule has 1 N–H and O–H groups in total. The number of ether oxygens (including phenoxy) is 1. The Morgan fingerprint density at radius 1 is 1.06 bits per heavy atom. The molecule has 2 nitrogen and oxygen atoms in total. The fourth-order valence-electron chi connectivity index (χ4n) is 3.07. The molecule has 0 aromatic heterocycles. The van der Waals surface area contributed by atoms with Gasteiger partial charge in [0.05, 0.1) is 6.61 Å². The molecule has 0 radical (unpaired) electrons. The summed E-state index contributed by atoms with van der Waals surface area (Å²) in [4.78, 5) is 0. The summed E-state index contributed by atoms with van der Waals surface area (Å²) in [7, 11) is 0. The van der Waals surface area contributed by atoms with Gasteiger partial charge in [-0.3, -0.25) is 0 Å². The lowest BCUT2D eigenvalue weighted by Crippen LogP contribution is -2.33. The van der Waals surface area contributed by atoms with Crippen LogP contribution in [0.5, 0.6) is 0 Å². The van der Waals surface area contributed by atoms with Gasteiger partial charge in [0.2, 0.25) is 0 Å². The van der Waals surface area contributed by atoms with Crippen LogP contribution in [0.25, 0.3) is 0 Å². The molecule has 2 fully saturated rings. The molecule has 0 bridgehead atoms. The second kappa shape index (κ2) is 6.61. The third-order valence-corrected chi connectivity index (χ3v) is 4.38. The van der Waals surface area contributed by atoms with Gasteiger partial charge in [-0.15, -0.1) is 0 Å². The van der Waals surface area contributed by atoms with Gasteiger partial charge in [-0.1, -0.05) is 26.2 Å². The van der Waals surface area contributed by atoms with E-state index in [-0.39, 0.29) is 0 Å². The van der Waals surface area contributed by atoms with Gasteiger partial charge in [-0.25, -0.2) is 0 Å². The zero-order chi connectivity index (χ0) is 11.2. The Labute approximate surface area is 100 Å². The Hall–Kier alpha value is -0.0800. The van der Waals surface area contributed by atoms with E-state index in [1.54, 1.807) is 0 Å². The summed E-state index contributed by atoms with van der Waals surface area (Å²) in [6.07, 6.45) is 9.75. The summed E-state index contributed by atoms with van der Waals surface area (Å²) in [5.41, 5.74) is 0. The molecule has 94 valence electrons. The average molecular weight is 225 g/mol. The van der Waals surface area contributed by atoms with Crippen LogP contribution in [0.4, 0.5) is 0 Å². The zero-order valence-corrected chi connectivity index (χ0v) is 10.7. The first-order valence-electron chi connectivity index (χ1n) is 7.19. The van der Waals surface area contributed by atoms with Crippen LogP contribution in [-0.4, -0.2) is 25.8 Å². The molecule has 0 amide bonds. The minimum atomic E-state index is 0.783. The maximum atomic E-state index is 5.42. The van der Waals surface area contributed by atoms with Gasteiger partial charge in [-0.2, -0.15) is 0 Å². The third kappa shape index (κ3) is 3.74. The lowest BCUT2D eigenvalue weighted by molar-refractivity contribution is 0.184. The highest BCUT2D eigenvalue weighted by atomic mass is 16.5. The molecule has 1 aliphatic heterocycles. The summed E-state index contributed by atoms with van der Waals surface area (Å²) in [6.45, 7) is 5.49. The number of nitrogens with one attached hydrogen (secondary N) is 1. The molecule has 1 saturated carbocycles. The molecule has 3 unspecified atom stereocenters. The van der Waals surface area contributed by atoms with E-state index in [0.29, 0.717) is 0 Å². The van der Waals surface area contributed by atoms with Gasteiger partial charge in [0, 0.05) is 19.2 Å². The normalized spacial score (nSPS) is 36.2. The van der Waals surface area contributed by atoms with Crippen molar-refractivity contribution in [2.24, 2.45) is 11.8 Å². The van der Waals surface area contributed by atoms with Gasteiger partial charge >= 0.3 is 0 Å². The summed E-state index contributed by atoms with van der Waals surface area (Å²) in [5.74, 6) is 1.78. The van der Waals surface area contributed by atoms with Crippen molar-refractivity contribution < 1.29 is 4.74 Å². The molecule has 2 rings (SSSR count). The Kier molecular flexibility index (Phi) is 5.11. The van der Waals surface area contributed by atoms with Crippen molar-refractivity contribution in [2.75, 3.05) is 19.8 Å². The SMILES string of the molecule is CCC1CCCC(NCC2CCOC2)CC1. The van der Waals surface area contributed by atoms with E-state index in [4.69, 9.17) is 4.74 Å². The van der Waals surface area contributed by atoms with E-state index in [9.17, 15) is 0 Å². The number of rotatable bonds is 4. The van der Waals surface area contributed by atoms with Gasteiger partial charge in [0.25, 0.3) is 0 Å². The third-order valence-electron chi connectivity index (χ3n) is 4.38. The summed E-state index contributed by atoms with van der Waals surface area (Å²) >= 11 is 0. The van der Waals surface area contributed by atoms with Crippen LogP contribution in [0.3, 0.4) is 0 Å². The Morgan fingerprint density at radius 3 is 2.75 bits per heavy atom. The van der Waals surface area contributed by atoms with Crippen LogP contribution in [0, 0.1) is 11.8 Å². The number of hydrogen-bond acceptors (Lipinski definition) is 2.